The van der Waals surface area contributed by atoms with Gasteiger partial charge in [0, 0.05) is 6.04 Å². The predicted octanol–water partition coefficient (Wildman–Crippen LogP) is 0.228. The molecule has 0 aromatic rings. The van der Waals surface area contributed by atoms with Crippen molar-refractivity contribution in [2.45, 2.75) is 18.9 Å². The van der Waals surface area contributed by atoms with Crippen LogP contribution in [0.4, 0.5) is 0 Å². The van der Waals surface area contributed by atoms with Crippen LogP contribution in [0.5, 0.6) is 0 Å². The minimum Gasteiger partial charge on any atom is -0.312 e. The van der Waals surface area contributed by atoms with Gasteiger partial charge in [0.2, 0.25) is 0 Å². The van der Waals surface area contributed by atoms with Gasteiger partial charge in [-0.3, -0.25) is 5.26 Å². The van der Waals surface area contributed by atoms with Crippen molar-refractivity contribution in [2.75, 3.05) is 13.2 Å². The molecule has 1 fully saturated rings. The molecule has 0 bridgehead atoms. The van der Waals surface area contributed by atoms with Crippen LogP contribution in [0.25, 0.3) is 0 Å². The molecule has 0 radical (unpaired) electrons. The molecule has 0 unspecified atom stereocenters. The molecule has 0 spiro atoms. The Morgan fingerprint density at radius 1 is 1.75 bits per heavy atom. The van der Waals surface area contributed by atoms with Gasteiger partial charge in [0.15, 0.2) is 0 Å². The molecular formula is C5H11NO2. The molecule has 1 aliphatic rings. The lowest BCUT2D eigenvalue weighted by Gasteiger charge is -2.04. The zero-order valence-electron chi connectivity index (χ0n) is 4.76. The van der Waals surface area contributed by atoms with Gasteiger partial charge in [-0.25, -0.2) is 4.89 Å². The second-order valence-electron chi connectivity index (χ2n) is 2.09. The highest BCUT2D eigenvalue weighted by molar-refractivity contribution is 4.72. The van der Waals surface area contributed by atoms with Gasteiger partial charge >= 0.3 is 0 Å². The van der Waals surface area contributed by atoms with Crippen LogP contribution in [0.1, 0.15) is 12.8 Å². The lowest BCUT2D eigenvalue weighted by Crippen LogP contribution is -2.25. The first-order valence-corrected chi connectivity index (χ1v) is 2.93. The van der Waals surface area contributed by atoms with E-state index in [0.717, 1.165) is 13.0 Å². The van der Waals surface area contributed by atoms with Gasteiger partial charge in [0.05, 0.1) is 6.61 Å². The Morgan fingerprint density at radius 3 is 3.12 bits per heavy atom. The molecular weight excluding hydrogens is 106 g/mol. The maximum Gasteiger partial charge on any atom is 0.0972 e. The van der Waals surface area contributed by atoms with Crippen LogP contribution >= 0.6 is 0 Å². The average Bonchev–Trinajstić information content (AvgIpc) is 2.19. The van der Waals surface area contributed by atoms with Crippen LogP contribution in [0.3, 0.4) is 0 Å². The summed E-state index contributed by atoms with van der Waals surface area (Å²) in [6.07, 6.45) is 2.33. The Balaban J connectivity index is 2.06. The summed E-state index contributed by atoms with van der Waals surface area (Å²) in [4.78, 5) is 3.96. The highest BCUT2D eigenvalue weighted by Crippen LogP contribution is 2.03. The summed E-state index contributed by atoms with van der Waals surface area (Å²) in [5, 5.41) is 11.2. The molecule has 2 N–H and O–H groups in total. The van der Waals surface area contributed by atoms with E-state index in [-0.39, 0.29) is 0 Å². The number of hydrogen-bond acceptors (Lipinski definition) is 3. The highest BCUT2D eigenvalue weighted by atomic mass is 17.1. The van der Waals surface area contributed by atoms with Gasteiger partial charge in [0.1, 0.15) is 0 Å². The molecule has 0 aromatic carbocycles. The third-order valence-corrected chi connectivity index (χ3v) is 1.44. The van der Waals surface area contributed by atoms with Crippen LogP contribution in [-0.4, -0.2) is 24.5 Å². The molecule has 1 saturated heterocycles. The second kappa shape index (κ2) is 3.02. The van der Waals surface area contributed by atoms with Crippen molar-refractivity contribution in [3.05, 3.63) is 0 Å². The molecule has 48 valence electrons. The maximum absolute atomic E-state index is 7.99. The first-order valence-electron chi connectivity index (χ1n) is 2.93. The predicted molar refractivity (Wildman–Crippen MR) is 29.6 cm³/mol. The van der Waals surface area contributed by atoms with Crippen LogP contribution < -0.4 is 5.32 Å². The molecule has 1 rings (SSSR count). The number of rotatable bonds is 2. The van der Waals surface area contributed by atoms with E-state index in [1.165, 1.54) is 6.42 Å². The Labute approximate surface area is 48.6 Å². The summed E-state index contributed by atoms with van der Waals surface area (Å²) in [6, 6.07) is 0.389. The normalized spacial score (nSPS) is 28.9. The molecule has 0 saturated carbocycles. The molecule has 0 aliphatic carbocycles. The monoisotopic (exact) mass is 117 g/mol. The van der Waals surface area contributed by atoms with Crippen molar-refractivity contribution in [1.29, 1.82) is 0 Å². The first kappa shape index (κ1) is 6.01. The van der Waals surface area contributed by atoms with E-state index in [0.29, 0.717) is 12.6 Å². The molecule has 3 heteroatoms. The van der Waals surface area contributed by atoms with Crippen LogP contribution in [0.15, 0.2) is 0 Å². The fourth-order valence-electron chi connectivity index (χ4n) is 0.989. The molecule has 3 nitrogen and oxygen atoms in total. The Kier molecular flexibility index (Phi) is 2.27. The fourth-order valence-corrected chi connectivity index (χ4v) is 0.989. The smallest absolute Gasteiger partial charge is 0.0972 e. The zero-order chi connectivity index (χ0) is 5.82. The zero-order valence-corrected chi connectivity index (χ0v) is 4.76. The molecule has 8 heavy (non-hydrogen) atoms. The Hall–Kier alpha value is -0.120. The van der Waals surface area contributed by atoms with E-state index in [1.54, 1.807) is 0 Å². The maximum atomic E-state index is 7.99. The van der Waals surface area contributed by atoms with Gasteiger partial charge in [-0.1, -0.05) is 0 Å². The molecule has 1 heterocycles. The summed E-state index contributed by atoms with van der Waals surface area (Å²) >= 11 is 0. The Morgan fingerprint density at radius 2 is 2.62 bits per heavy atom. The molecule has 1 aliphatic heterocycles. The van der Waals surface area contributed by atoms with Crippen molar-refractivity contribution < 1.29 is 10.1 Å². The first-order chi connectivity index (χ1) is 3.93. The van der Waals surface area contributed by atoms with Crippen molar-refractivity contribution in [3.8, 4) is 0 Å². The van der Waals surface area contributed by atoms with Crippen molar-refractivity contribution in [1.82, 2.24) is 5.32 Å². The van der Waals surface area contributed by atoms with E-state index in [9.17, 15) is 0 Å². The highest BCUT2D eigenvalue weighted by Gasteiger charge is 2.12. The van der Waals surface area contributed by atoms with E-state index in [1.807, 2.05) is 0 Å². The molecule has 0 amide bonds. The lowest BCUT2D eigenvalue weighted by molar-refractivity contribution is -0.245. The summed E-state index contributed by atoms with van der Waals surface area (Å²) in [6.45, 7) is 1.49. The van der Waals surface area contributed by atoms with Crippen LogP contribution in [0, 0.1) is 0 Å². The number of nitrogens with one attached hydrogen (secondary N) is 1. The minimum atomic E-state index is 0.389. The summed E-state index contributed by atoms with van der Waals surface area (Å²) in [5.41, 5.74) is 0. The second-order valence-corrected chi connectivity index (χ2v) is 2.09. The van der Waals surface area contributed by atoms with Crippen molar-refractivity contribution in [2.24, 2.45) is 0 Å². The van der Waals surface area contributed by atoms with E-state index in [2.05, 4.69) is 10.2 Å². The number of hydrogen-bond donors (Lipinski definition) is 2. The standard InChI is InChI=1S/C5H11NO2/c7-8-4-5-2-1-3-6-5/h5-7H,1-4H2/t5-/m0/s1. The van der Waals surface area contributed by atoms with E-state index in [4.69, 9.17) is 5.26 Å². The Bertz CT molecular complexity index is 61.4. The van der Waals surface area contributed by atoms with Gasteiger partial charge in [-0.2, -0.15) is 0 Å². The SMILES string of the molecule is OOC[C@@H]1CCCN1. The third kappa shape index (κ3) is 1.43. The average molecular weight is 117 g/mol. The molecule has 0 aromatic heterocycles. The van der Waals surface area contributed by atoms with E-state index < -0.39 is 0 Å². The van der Waals surface area contributed by atoms with Crippen molar-refractivity contribution in [3.63, 3.8) is 0 Å². The largest absolute Gasteiger partial charge is 0.312 e. The van der Waals surface area contributed by atoms with Crippen LogP contribution in [-0.2, 0) is 4.89 Å². The van der Waals surface area contributed by atoms with Gasteiger partial charge < -0.3 is 5.32 Å². The van der Waals surface area contributed by atoms with Gasteiger partial charge in [0.25, 0.3) is 0 Å². The van der Waals surface area contributed by atoms with Crippen molar-refractivity contribution >= 4 is 0 Å². The fraction of sp³-hybridized carbons (Fsp3) is 1.00. The minimum absolute atomic E-state index is 0.389. The molecule has 1 atom stereocenters. The summed E-state index contributed by atoms with van der Waals surface area (Å²) < 4.78 is 0. The topological polar surface area (TPSA) is 41.5 Å². The summed E-state index contributed by atoms with van der Waals surface area (Å²) in [7, 11) is 0. The van der Waals surface area contributed by atoms with Crippen LogP contribution in [0.2, 0.25) is 0 Å². The third-order valence-electron chi connectivity index (χ3n) is 1.44. The lowest BCUT2D eigenvalue weighted by atomic mass is 10.2. The quantitative estimate of drug-likeness (QED) is 0.402. The summed E-state index contributed by atoms with van der Waals surface area (Å²) in [5.74, 6) is 0. The van der Waals surface area contributed by atoms with Gasteiger partial charge in [-0.05, 0) is 19.4 Å². The van der Waals surface area contributed by atoms with E-state index >= 15 is 0 Å². The van der Waals surface area contributed by atoms with Gasteiger partial charge in [-0.15, -0.1) is 0 Å².